The van der Waals surface area contributed by atoms with Crippen molar-refractivity contribution in [1.29, 1.82) is 0 Å². The van der Waals surface area contributed by atoms with Crippen LogP contribution in [0.1, 0.15) is 38.7 Å². The lowest BCUT2D eigenvalue weighted by Gasteiger charge is -2.18. The zero-order valence-corrected chi connectivity index (χ0v) is 11.4. The molecule has 0 saturated heterocycles. The standard InChI is InChI=1S/C13H20BrN/c1-4-6-11(5-2)15-12-7-8-13(14)10(3)9-12/h7-9,11,15H,4-6H2,1-3H3. The van der Waals surface area contributed by atoms with Gasteiger partial charge in [0, 0.05) is 16.2 Å². The monoisotopic (exact) mass is 269 g/mol. The SMILES string of the molecule is CCCC(CC)Nc1ccc(Br)c(C)c1. The molecule has 0 aromatic heterocycles. The molecule has 1 aromatic rings. The van der Waals surface area contributed by atoms with Crippen LogP contribution in [0.15, 0.2) is 22.7 Å². The summed E-state index contributed by atoms with van der Waals surface area (Å²) in [5, 5.41) is 3.58. The van der Waals surface area contributed by atoms with E-state index in [4.69, 9.17) is 0 Å². The lowest BCUT2D eigenvalue weighted by molar-refractivity contribution is 0.623. The summed E-state index contributed by atoms with van der Waals surface area (Å²) in [7, 11) is 0. The molecule has 1 aromatic carbocycles. The summed E-state index contributed by atoms with van der Waals surface area (Å²) in [5.41, 5.74) is 2.52. The normalized spacial score (nSPS) is 12.5. The third kappa shape index (κ3) is 3.86. The van der Waals surface area contributed by atoms with Crippen molar-refractivity contribution < 1.29 is 0 Å². The quantitative estimate of drug-likeness (QED) is 0.814. The molecule has 0 saturated carbocycles. The first-order valence-corrected chi connectivity index (χ1v) is 6.49. The van der Waals surface area contributed by atoms with Crippen LogP contribution in [0.3, 0.4) is 0 Å². The lowest BCUT2D eigenvalue weighted by Crippen LogP contribution is -2.17. The predicted molar refractivity (Wildman–Crippen MR) is 71.5 cm³/mol. The van der Waals surface area contributed by atoms with E-state index in [0.717, 1.165) is 0 Å². The molecule has 0 aliphatic heterocycles. The summed E-state index contributed by atoms with van der Waals surface area (Å²) in [6.07, 6.45) is 3.66. The molecule has 0 aliphatic rings. The van der Waals surface area contributed by atoms with E-state index in [9.17, 15) is 0 Å². The first kappa shape index (κ1) is 12.6. The Morgan fingerprint density at radius 3 is 2.60 bits per heavy atom. The van der Waals surface area contributed by atoms with Crippen LogP contribution in [0.4, 0.5) is 5.69 Å². The van der Waals surface area contributed by atoms with Gasteiger partial charge >= 0.3 is 0 Å². The first-order chi connectivity index (χ1) is 7.17. The van der Waals surface area contributed by atoms with E-state index in [0.29, 0.717) is 6.04 Å². The number of anilines is 1. The Hall–Kier alpha value is -0.500. The van der Waals surface area contributed by atoms with Crippen molar-refractivity contribution in [3.63, 3.8) is 0 Å². The van der Waals surface area contributed by atoms with Crippen LogP contribution in [0.25, 0.3) is 0 Å². The van der Waals surface area contributed by atoms with Crippen molar-refractivity contribution in [3.05, 3.63) is 28.2 Å². The van der Waals surface area contributed by atoms with E-state index in [1.165, 1.54) is 35.0 Å². The average Bonchev–Trinajstić information content (AvgIpc) is 2.23. The van der Waals surface area contributed by atoms with Crippen LogP contribution in [0.5, 0.6) is 0 Å². The molecule has 0 aliphatic carbocycles. The van der Waals surface area contributed by atoms with E-state index in [1.807, 2.05) is 0 Å². The van der Waals surface area contributed by atoms with Crippen LogP contribution in [-0.2, 0) is 0 Å². The Balaban J connectivity index is 2.66. The number of aryl methyl sites for hydroxylation is 1. The van der Waals surface area contributed by atoms with Crippen molar-refractivity contribution in [2.45, 2.75) is 46.1 Å². The highest BCUT2D eigenvalue weighted by molar-refractivity contribution is 9.10. The van der Waals surface area contributed by atoms with Crippen LogP contribution >= 0.6 is 15.9 Å². The van der Waals surface area contributed by atoms with Crippen molar-refractivity contribution in [2.75, 3.05) is 5.32 Å². The van der Waals surface area contributed by atoms with Crippen LogP contribution < -0.4 is 5.32 Å². The second-order valence-corrected chi connectivity index (χ2v) is 4.86. The van der Waals surface area contributed by atoms with Gasteiger partial charge in [0.2, 0.25) is 0 Å². The summed E-state index contributed by atoms with van der Waals surface area (Å²) in [5.74, 6) is 0. The molecular formula is C13H20BrN. The molecule has 0 amide bonds. The average molecular weight is 270 g/mol. The van der Waals surface area contributed by atoms with Gasteiger partial charge in [0.25, 0.3) is 0 Å². The van der Waals surface area contributed by atoms with Crippen LogP contribution in [0.2, 0.25) is 0 Å². The molecule has 1 unspecified atom stereocenters. The van der Waals surface area contributed by atoms with E-state index < -0.39 is 0 Å². The molecule has 0 spiro atoms. The molecule has 0 heterocycles. The highest BCUT2D eigenvalue weighted by Gasteiger charge is 2.05. The number of rotatable bonds is 5. The molecule has 15 heavy (non-hydrogen) atoms. The maximum absolute atomic E-state index is 3.58. The van der Waals surface area contributed by atoms with E-state index in [2.05, 4.69) is 60.2 Å². The molecule has 1 nitrogen and oxygen atoms in total. The molecule has 1 N–H and O–H groups in total. The Bertz CT molecular complexity index is 309. The Kier molecular flexibility index (Phi) is 5.16. The Labute approximate surface area is 101 Å². The minimum atomic E-state index is 0.607. The fraction of sp³-hybridized carbons (Fsp3) is 0.538. The van der Waals surface area contributed by atoms with Gasteiger partial charge in [-0.05, 0) is 43.5 Å². The summed E-state index contributed by atoms with van der Waals surface area (Å²) in [6, 6.07) is 7.05. The van der Waals surface area contributed by atoms with Crippen molar-refractivity contribution in [2.24, 2.45) is 0 Å². The highest BCUT2D eigenvalue weighted by Crippen LogP contribution is 2.21. The minimum Gasteiger partial charge on any atom is -0.382 e. The minimum absolute atomic E-state index is 0.607. The maximum Gasteiger partial charge on any atom is 0.0345 e. The Morgan fingerprint density at radius 1 is 1.33 bits per heavy atom. The predicted octanol–water partition coefficient (Wildman–Crippen LogP) is 4.75. The number of hydrogen-bond acceptors (Lipinski definition) is 1. The molecule has 1 atom stereocenters. The van der Waals surface area contributed by atoms with Gasteiger partial charge in [0.1, 0.15) is 0 Å². The van der Waals surface area contributed by atoms with E-state index >= 15 is 0 Å². The largest absolute Gasteiger partial charge is 0.382 e. The summed E-state index contributed by atoms with van der Waals surface area (Å²) in [4.78, 5) is 0. The summed E-state index contributed by atoms with van der Waals surface area (Å²) in [6.45, 7) is 6.59. The molecule has 0 bridgehead atoms. The first-order valence-electron chi connectivity index (χ1n) is 5.70. The molecule has 1 rings (SSSR count). The topological polar surface area (TPSA) is 12.0 Å². The van der Waals surface area contributed by atoms with Gasteiger partial charge in [0.05, 0.1) is 0 Å². The number of halogens is 1. The van der Waals surface area contributed by atoms with E-state index in [-0.39, 0.29) is 0 Å². The fourth-order valence-corrected chi connectivity index (χ4v) is 1.94. The highest BCUT2D eigenvalue weighted by atomic mass is 79.9. The van der Waals surface area contributed by atoms with Crippen LogP contribution in [-0.4, -0.2) is 6.04 Å². The lowest BCUT2D eigenvalue weighted by atomic mass is 10.1. The summed E-state index contributed by atoms with van der Waals surface area (Å²) < 4.78 is 1.18. The zero-order chi connectivity index (χ0) is 11.3. The van der Waals surface area contributed by atoms with Gasteiger partial charge in [-0.3, -0.25) is 0 Å². The van der Waals surface area contributed by atoms with Crippen molar-refractivity contribution in [1.82, 2.24) is 0 Å². The Morgan fingerprint density at radius 2 is 2.07 bits per heavy atom. The summed E-state index contributed by atoms with van der Waals surface area (Å²) >= 11 is 3.52. The molecule has 0 fully saturated rings. The molecular weight excluding hydrogens is 250 g/mol. The number of nitrogens with one attached hydrogen (secondary N) is 1. The van der Waals surface area contributed by atoms with Crippen molar-refractivity contribution in [3.8, 4) is 0 Å². The third-order valence-corrected chi connectivity index (χ3v) is 3.55. The molecule has 2 heteroatoms. The van der Waals surface area contributed by atoms with Gasteiger partial charge in [-0.1, -0.05) is 36.2 Å². The third-order valence-electron chi connectivity index (χ3n) is 2.66. The van der Waals surface area contributed by atoms with Gasteiger partial charge < -0.3 is 5.32 Å². The second-order valence-electron chi connectivity index (χ2n) is 4.00. The molecule has 0 radical (unpaired) electrons. The number of benzene rings is 1. The van der Waals surface area contributed by atoms with Gasteiger partial charge in [-0.2, -0.15) is 0 Å². The van der Waals surface area contributed by atoms with Gasteiger partial charge in [0.15, 0.2) is 0 Å². The second kappa shape index (κ2) is 6.16. The fourth-order valence-electron chi connectivity index (χ4n) is 1.70. The smallest absolute Gasteiger partial charge is 0.0345 e. The zero-order valence-electron chi connectivity index (χ0n) is 9.81. The maximum atomic E-state index is 3.58. The number of hydrogen-bond donors (Lipinski definition) is 1. The van der Waals surface area contributed by atoms with E-state index in [1.54, 1.807) is 0 Å². The van der Waals surface area contributed by atoms with Gasteiger partial charge in [-0.25, -0.2) is 0 Å². The van der Waals surface area contributed by atoms with Crippen molar-refractivity contribution >= 4 is 21.6 Å². The van der Waals surface area contributed by atoms with Crippen LogP contribution in [0, 0.1) is 6.92 Å². The van der Waals surface area contributed by atoms with Gasteiger partial charge in [-0.15, -0.1) is 0 Å². The molecule has 84 valence electrons.